The van der Waals surface area contributed by atoms with Crippen molar-refractivity contribution in [3.05, 3.63) is 59.4 Å². The fourth-order valence-electron chi connectivity index (χ4n) is 2.00. The Kier molecular flexibility index (Phi) is 4.29. The van der Waals surface area contributed by atoms with Crippen molar-refractivity contribution in [1.82, 2.24) is 4.98 Å². The molecule has 0 saturated heterocycles. The van der Waals surface area contributed by atoms with Crippen LogP contribution < -0.4 is 4.74 Å². The topological polar surface area (TPSA) is 39.2 Å². The lowest BCUT2D eigenvalue weighted by atomic mass is 10.0. The van der Waals surface area contributed by atoms with E-state index in [0.29, 0.717) is 17.0 Å². The summed E-state index contributed by atoms with van der Waals surface area (Å²) < 4.78 is 5.33. The lowest BCUT2D eigenvalue weighted by Gasteiger charge is -2.09. The van der Waals surface area contributed by atoms with Crippen LogP contribution in [0.5, 0.6) is 5.75 Å². The van der Waals surface area contributed by atoms with Gasteiger partial charge in [-0.1, -0.05) is 25.5 Å². The van der Waals surface area contributed by atoms with Crippen molar-refractivity contribution in [1.29, 1.82) is 0 Å². The van der Waals surface area contributed by atoms with E-state index in [4.69, 9.17) is 4.74 Å². The van der Waals surface area contributed by atoms with E-state index < -0.39 is 0 Å². The molecule has 0 spiro atoms. The molecule has 2 aromatic rings. The van der Waals surface area contributed by atoms with Crippen LogP contribution in [0.25, 0.3) is 0 Å². The van der Waals surface area contributed by atoms with E-state index >= 15 is 0 Å². The van der Waals surface area contributed by atoms with Crippen molar-refractivity contribution in [2.75, 3.05) is 7.11 Å². The second kappa shape index (κ2) is 6.14. The highest BCUT2D eigenvalue weighted by Gasteiger charge is 2.15. The van der Waals surface area contributed by atoms with Crippen molar-refractivity contribution < 1.29 is 9.53 Å². The SMILES string of the molecule is CCCc1ccc(C(=O)c2ccccn2)c(OC)c1. The summed E-state index contributed by atoms with van der Waals surface area (Å²) in [6.45, 7) is 2.12. The number of pyridine rings is 1. The molecule has 1 aromatic carbocycles. The molecule has 0 fully saturated rings. The number of aryl methyl sites for hydroxylation is 1. The lowest BCUT2D eigenvalue weighted by molar-refractivity contribution is 0.103. The number of methoxy groups -OCH3 is 1. The number of benzene rings is 1. The van der Waals surface area contributed by atoms with E-state index in [1.807, 2.05) is 18.2 Å². The van der Waals surface area contributed by atoms with Crippen LogP contribution in [0.4, 0.5) is 0 Å². The highest BCUT2D eigenvalue weighted by Crippen LogP contribution is 2.23. The van der Waals surface area contributed by atoms with E-state index in [9.17, 15) is 4.79 Å². The quantitative estimate of drug-likeness (QED) is 0.770. The Morgan fingerprint density at radius 1 is 1.26 bits per heavy atom. The standard InChI is InChI=1S/C16H17NO2/c1-3-6-12-8-9-13(15(11-12)19-2)16(18)14-7-4-5-10-17-14/h4-5,7-11H,3,6H2,1-2H3. The van der Waals surface area contributed by atoms with Crippen molar-refractivity contribution >= 4 is 5.78 Å². The first-order valence-corrected chi connectivity index (χ1v) is 6.39. The van der Waals surface area contributed by atoms with E-state index in [-0.39, 0.29) is 5.78 Å². The summed E-state index contributed by atoms with van der Waals surface area (Å²) in [5.74, 6) is 0.502. The molecule has 2 rings (SSSR count). The number of ether oxygens (including phenoxy) is 1. The molecule has 0 atom stereocenters. The average molecular weight is 255 g/mol. The molecule has 0 N–H and O–H groups in total. The molecule has 1 aromatic heterocycles. The van der Waals surface area contributed by atoms with Gasteiger partial charge in [0.25, 0.3) is 0 Å². The number of rotatable bonds is 5. The van der Waals surface area contributed by atoms with Gasteiger partial charge in [-0.2, -0.15) is 0 Å². The van der Waals surface area contributed by atoms with Gasteiger partial charge in [0.05, 0.1) is 12.7 Å². The maximum atomic E-state index is 12.4. The Bertz CT molecular complexity index is 564. The Hall–Kier alpha value is -2.16. The summed E-state index contributed by atoms with van der Waals surface area (Å²) in [7, 11) is 1.58. The normalized spacial score (nSPS) is 10.2. The van der Waals surface area contributed by atoms with Gasteiger partial charge in [-0.25, -0.2) is 0 Å². The van der Waals surface area contributed by atoms with Crippen LogP contribution in [-0.4, -0.2) is 17.9 Å². The molecular formula is C16H17NO2. The number of carbonyl (C=O) groups excluding carboxylic acids is 1. The first-order valence-electron chi connectivity index (χ1n) is 6.39. The zero-order valence-corrected chi connectivity index (χ0v) is 11.2. The maximum absolute atomic E-state index is 12.4. The van der Waals surface area contributed by atoms with E-state index in [1.165, 1.54) is 5.56 Å². The van der Waals surface area contributed by atoms with E-state index in [2.05, 4.69) is 11.9 Å². The Labute approximate surface area is 113 Å². The van der Waals surface area contributed by atoms with E-state index in [1.54, 1.807) is 31.5 Å². The molecule has 1 heterocycles. The third-order valence-corrected chi connectivity index (χ3v) is 2.95. The number of carbonyl (C=O) groups is 1. The fourth-order valence-corrected chi connectivity index (χ4v) is 2.00. The van der Waals surface area contributed by atoms with Gasteiger partial charge in [0.2, 0.25) is 5.78 Å². The van der Waals surface area contributed by atoms with Crippen LogP contribution in [0.15, 0.2) is 42.6 Å². The second-order valence-corrected chi connectivity index (χ2v) is 4.33. The maximum Gasteiger partial charge on any atom is 0.215 e. The minimum atomic E-state index is -0.111. The van der Waals surface area contributed by atoms with Gasteiger partial charge in [-0.05, 0) is 36.2 Å². The minimum Gasteiger partial charge on any atom is -0.496 e. The number of aromatic nitrogens is 1. The highest BCUT2D eigenvalue weighted by molar-refractivity contribution is 6.09. The van der Waals surface area contributed by atoms with Gasteiger partial charge in [-0.3, -0.25) is 9.78 Å². The first kappa shape index (κ1) is 13.3. The lowest BCUT2D eigenvalue weighted by Crippen LogP contribution is -2.06. The van der Waals surface area contributed by atoms with Gasteiger partial charge < -0.3 is 4.74 Å². The molecule has 19 heavy (non-hydrogen) atoms. The molecule has 0 bridgehead atoms. The first-order chi connectivity index (χ1) is 9.26. The van der Waals surface area contributed by atoms with Crippen LogP contribution in [0.1, 0.15) is 35.0 Å². The van der Waals surface area contributed by atoms with Crippen molar-refractivity contribution in [2.24, 2.45) is 0 Å². The zero-order chi connectivity index (χ0) is 13.7. The van der Waals surface area contributed by atoms with Gasteiger partial charge >= 0.3 is 0 Å². The summed E-state index contributed by atoms with van der Waals surface area (Å²) in [5, 5.41) is 0. The molecule has 0 unspecified atom stereocenters. The summed E-state index contributed by atoms with van der Waals surface area (Å²) in [5.41, 5.74) is 2.17. The Morgan fingerprint density at radius 3 is 2.74 bits per heavy atom. The number of hydrogen-bond acceptors (Lipinski definition) is 3. The van der Waals surface area contributed by atoms with Crippen molar-refractivity contribution in [2.45, 2.75) is 19.8 Å². The molecule has 0 amide bonds. The monoisotopic (exact) mass is 255 g/mol. The van der Waals surface area contributed by atoms with Crippen LogP contribution >= 0.6 is 0 Å². The summed E-state index contributed by atoms with van der Waals surface area (Å²) in [4.78, 5) is 16.4. The molecule has 0 radical (unpaired) electrons. The van der Waals surface area contributed by atoms with E-state index in [0.717, 1.165) is 12.8 Å². The smallest absolute Gasteiger partial charge is 0.215 e. The molecule has 98 valence electrons. The van der Waals surface area contributed by atoms with Gasteiger partial charge in [0.1, 0.15) is 11.4 Å². The van der Waals surface area contributed by atoms with Crippen LogP contribution in [0.2, 0.25) is 0 Å². The zero-order valence-electron chi connectivity index (χ0n) is 11.2. The van der Waals surface area contributed by atoms with Crippen molar-refractivity contribution in [3.63, 3.8) is 0 Å². The predicted octanol–water partition coefficient (Wildman–Crippen LogP) is 3.27. The third-order valence-electron chi connectivity index (χ3n) is 2.95. The molecule has 0 saturated carbocycles. The number of nitrogens with zero attached hydrogens (tertiary/aromatic N) is 1. The number of ketones is 1. The average Bonchev–Trinajstić information content (AvgIpc) is 2.47. The van der Waals surface area contributed by atoms with Gasteiger partial charge in [0.15, 0.2) is 0 Å². The predicted molar refractivity (Wildman–Crippen MR) is 74.7 cm³/mol. The molecule has 3 heteroatoms. The summed E-state index contributed by atoms with van der Waals surface area (Å²) in [6.07, 6.45) is 3.66. The summed E-state index contributed by atoms with van der Waals surface area (Å²) in [6, 6.07) is 11.0. The fraction of sp³-hybridized carbons (Fsp3) is 0.250. The van der Waals surface area contributed by atoms with Crippen LogP contribution in [-0.2, 0) is 6.42 Å². The van der Waals surface area contributed by atoms with Crippen LogP contribution in [0, 0.1) is 0 Å². The van der Waals surface area contributed by atoms with Gasteiger partial charge in [-0.15, -0.1) is 0 Å². The molecule has 0 aliphatic rings. The number of hydrogen-bond donors (Lipinski definition) is 0. The third kappa shape index (κ3) is 2.99. The Morgan fingerprint density at radius 2 is 2.11 bits per heavy atom. The molecule has 0 aliphatic heterocycles. The molecular weight excluding hydrogens is 238 g/mol. The van der Waals surface area contributed by atoms with Crippen LogP contribution in [0.3, 0.4) is 0 Å². The largest absolute Gasteiger partial charge is 0.496 e. The second-order valence-electron chi connectivity index (χ2n) is 4.33. The minimum absolute atomic E-state index is 0.111. The van der Waals surface area contributed by atoms with Crippen molar-refractivity contribution in [3.8, 4) is 5.75 Å². The van der Waals surface area contributed by atoms with Gasteiger partial charge in [0, 0.05) is 6.20 Å². The molecule has 3 nitrogen and oxygen atoms in total. The summed E-state index contributed by atoms with van der Waals surface area (Å²) >= 11 is 0. The highest BCUT2D eigenvalue weighted by atomic mass is 16.5. The Balaban J connectivity index is 2.37. The molecule has 0 aliphatic carbocycles.